The predicted octanol–water partition coefficient (Wildman–Crippen LogP) is 2.09. The molecule has 3 rings (SSSR count). The van der Waals surface area contributed by atoms with Gasteiger partial charge in [-0.15, -0.1) is 0 Å². The van der Waals surface area contributed by atoms with E-state index in [2.05, 4.69) is 0 Å². The number of benzene rings is 2. The minimum absolute atomic E-state index is 0.263. The average Bonchev–Trinajstić information content (AvgIpc) is 3.12. The zero-order valence-electron chi connectivity index (χ0n) is 10.6. The summed E-state index contributed by atoms with van der Waals surface area (Å²) in [5, 5.41) is -0.674. The Morgan fingerprint density at radius 1 is 1.00 bits per heavy atom. The summed E-state index contributed by atoms with van der Waals surface area (Å²) in [6.45, 7) is 0. The summed E-state index contributed by atoms with van der Waals surface area (Å²) in [5.41, 5.74) is 6.56. The molecule has 5 heteroatoms. The number of halogens is 1. The highest BCUT2D eigenvalue weighted by Crippen LogP contribution is 2.47. The lowest BCUT2D eigenvalue weighted by atomic mass is 10.1. The molecular weight excluding hydrogens is 277 g/mol. The van der Waals surface area contributed by atoms with Crippen LogP contribution < -0.4 is 5.73 Å². The van der Waals surface area contributed by atoms with E-state index >= 15 is 0 Å². The Bertz CT molecular complexity index is 731. The first kappa shape index (κ1) is 13.3. The molecular formula is C15H14FNO2S. The van der Waals surface area contributed by atoms with Gasteiger partial charge >= 0.3 is 0 Å². The van der Waals surface area contributed by atoms with Gasteiger partial charge in [-0.25, -0.2) is 12.8 Å². The fraction of sp³-hybridized carbons (Fsp3) is 0.200. The molecule has 0 aliphatic heterocycles. The molecule has 0 bridgehead atoms. The van der Waals surface area contributed by atoms with Crippen LogP contribution >= 0.6 is 0 Å². The Balaban J connectivity index is 1.94. The largest absolute Gasteiger partial charge is 0.326 e. The van der Waals surface area contributed by atoms with Crippen molar-refractivity contribution in [2.24, 2.45) is 5.73 Å². The Labute approximate surface area is 117 Å². The standard InChI is InChI=1S/C15H14FNO2S/c16-11-6-4-5-10(9-11)13-14(17)15(13)20(18,19)12-7-2-1-3-8-12/h1-9,13-15H,17H2/t13-,14-,15-/m1/s1. The van der Waals surface area contributed by atoms with E-state index in [1.807, 2.05) is 0 Å². The van der Waals surface area contributed by atoms with Gasteiger partial charge < -0.3 is 5.73 Å². The zero-order chi connectivity index (χ0) is 14.3. The molecule has 1 aliphatic carbocycles. The number of hydrogen-bond donors (Lipinski definition) is 1. The molecule has 2 aromatic rings. The first-order valence-electron chi connectivity index (χ1n) is 6.32. The van der Waals surface area contributed by atoms with Gasteiger partial charge in [0.1, 0.15) is 5.82 Å². The first-order valence-corrected chi connectivity index (χ1v) is 7.86. The molecule has 3 atom stereocenters. The molecule has 0 spiro atoms. The first-order chi connectivity index (χ1) is 9.51. The summed E-state index contributed by atoms with van der Waals surface area (Å²) in [6.07, 6.45) is 0. The monoisotopic (exact) mass is 291 g/mol. The van der Waals surface area contributed by atoms with Crippen LogP contribution in [-0.2, 0) is 9.84 Å². The maximum atomic E-state index is 13.2. The van der Waals surface area contributed by atoms with Crippen LogP contribution in [0.2, 0.25) is 0 Å². The van der Waals surface area contributed by atoms with E-state index in [-0.39, 0.29) is 16.6 Å². The van der Waals surface area contributed by atoms with Crippen molar-refractivity contribution in [1.29, 1.82) is 0 Å². The summed E-state index contributed by atoms with van der Waals surface area (Å²) < 4.78 is 38.2. The molecule has 0 amide bonds. The molecule has 1 saturated carbocycles. The third kappa shape index (κ3) is 2.13. The van der Waals surface area contributed by atoms with Gasteiger partial charge in [-0.3, -0.25) is 0 Å². The highest BCUT2D eigenvalue weighted by atomic mass is 32.2. The second kappa shape index (κ2) is 4.68. The van der Waals surface area contributed by atoms with Crippen molar-refractivity contribution in [3.05, 3.63) is 66.0 Å². The van der Waals surface area contributed by atoms with E-state index in [9.17, 15) is 12.8 Å². The van der Waals surface area contributed by atoms with Crippen LogP contribution in [0.4, 0.5) is 4.39 Å². The lowest BCUT2D eigenvalue weighted by molar-refractivity contribution is 0.593. The van der Waals surface area contributed by atoms with Crippen molar-refractivity contribution in [2.45, 2.75) is 22.1 Å². The van der Waals surface area contributed by atoms with Crippen molar-refractivity contribution >= 4 is 9.84 Å². The summed E-state index contributed by atoms with van der Waals surface area (Å²) in [5.74, 6) is -0.714. The van der Waals surface area contributed by atoms with Gasteiger partial charge in [-0.05, 0) is 29.8 Å². The van der Waals surface area contributed by atoms with E-state index in [4.69, 9.17) is 5.73 Å². The number of hydrogen-bond acceptors (Lipinski definition) is 3. The molecule has 2 N–H and O–H groups in total. The van der Waals surface area contributed by atoms with Gasteiger partial charge in [0.05, 0.1) is 10.1 Å². The van der Waals surface area contributed by atoms with Gasteiger partial charge in [0, 0.05) is 12.0 Å². The fourth-order valence-corrected chi connectivity index (χ4v) is 4.67. The Kier molecular flexibility index (Phi) is 3.11. The zero-order valence-corrected chi connectivity index (χ0v) is 11.4. The van der Waals surface area contributed by atoms with Gasteiger partial charge in [-0.2, -0.15) is 0 Å². The van der Waals surface area contributed by atoms with Crippen molar-refractivity contribution in [3.8, 4) is 0 Å². The van der Waals surface area contributed by atoms with Crippen LogP contribution in [-0.4, -0.2) is 19.7 Å². The van der Waals surface area contributed by atoms with Crippen LogP contribution in [0.3, 0.4) is 0 Å². The Morgan fingerprint density at radius 2 is 1.70 bits per heavy atom. The third-order valence-corrected chi connectivity index (χ3v) is 5.92. The Morgan fingerprint density at radius 3 is 2.35 bits per heavy atom. The maximum Gasteiger partial charge on any atom is 0.183 e. The van der Waals surface area contributed by atoms with Gasteiger partial charge in [0.2, 0.25) is 0 Å². The molecule has 0 saturated heterocycles. The average molecular weight is 291 g/mol. The number of rotatable bonds is 3. The van der Waals surface area contributed by atoms with E-state index in [0.717, 1.165) is 0 Å². The third-order valence-electron chi connectivity index (χ3n) is 3.67. The van der Waals surface area contributed by atoms with Crippen LogP contribution in [0, 0.1) is 5.82 Å². The van der Waals surface area contributed by atoms with Crippen molar-refractivity contribution in [1.82, 2.24) is 0 Å². The fourth-order valence-electron chi connectivity index (χ4n) is 2.60. The molecule has 0 radical (unpaired) electrons. The van der Waals surface area contributed by atoms with Crippen LogP contribution in [0.1, 0.15) is 11.5 Å². The summed E-state index contributed by atoms with van der Waals surface area (Å²) in [7, 11) is -3.47. The lowest BCUT2D eigenvalue weighted by Crippen LogP contribution is -2.15. The maximum absolute atomic E-state index is 13.2. The molecule has 2 aromatic carbocycles. The lowest BCUT2D eigenvalue weighted by Gasteiger charge is -2.03. The SMILES string of the molecule is N[C@@H]1[C@@H](c2cccc(F)c2)[C@H]1S(=O)(=O)c1ccccc1. The van der Waals surface area contributed by atoms with Crippen LogP contribution in [0.5, 0.6) is 0 Å². The summed E-state index contributed by atoms with van der Waals surface area (Å²) >= 11 is 0. The van der Waals surface area contributed by atoms with E-state index < -0.39 is 21.1 Å². The summed E-state index contributed by atoms with van der Waals surface area (Å²) in [6, 6.07) is 13.7. The quantitative estimate of drug-likeness (QED) is 0.942. The van der Waals surface area contributed by atoms with E-state index in [1.165, 1.54) is 12.1 Å². The van der Waals surface area contributed by atoms with E-state index in [1.54, 1.807) is 42.5 Å². The molecule has 20 heavy (non-hydrogen) atoms. The topological polar surface area (TPSA) is 60.2 Å². The normalized spacial score (nSPS) is 25.4. The molecule has 3 nitrogen and oxygen atoms in total. The minimum atomic E-state index is -3.47. The van der Waals surface area contributed by atoms with Crippen LogP contribution in [0.15, 0.2) is 59.5 Å². The molecule has 0 aromatic heterocycles. The van der Waals surface area contributed by atoms with E-state index in [0.29, 0.717) is 5.56 Å². The minimum Gasteiger partial charge on any atom is -0.326 e. The number of nitrogens with two attached hydrogens (primary N) is 1. The van der Waals surface area contributed by atoms with Crippen molar-refractivity contribution in [3.63, 3.8) is 0 Å². The second-order valence-electron chi connectivity index (χ2n) is 4.98. The van der Waals surface area contributed by atoms with Crippen molar-refractivity contribution < 1.29 is 12.8 Å². The summed E-state index contributed by atoms with van der Waals surface area (Å²) in [4.78, 5) is 0.263. The Hall–Kier alpha value is -1.72. The van der Waals surface area contributed by atoms with Crippen LogP contribution in [0.25, 0.3) is 0 Å². The molecule has 0 heterocycles. The van der Waals surface area contributed by atoms with Crippen molar-refractivity contribution in [2.75, 3.05) is 0 Å². The van der Waals surface area contributed by atoms with Gasteiger partial charge in [0.15, 0.2) is 9.84 Å². The molecule has 0 unspecified atom stereocenters. The number of sulfone groups is 1. The highest BCUT2D eigenvalue weighted by Gasteiger charge is 2.57. The van der Waals surface area contributed by atoms with Gasteiger partial charge in [-0.1, -0.05) is 30.3 Å². The second-order valence-corrected chi connectivity index (χ2v) is 7.09. The molecule has 104 valence electrons. The smallest absolute Gasteiger partial charge is 0.183 e. The molecule has 1 aliphatic rings. The highest BCUT2D eigenvalue weighted by molar-refractivity contribution is 7.92. The van der Waals surface area contributed by atoms with Gasteiger partial charge in [0.25, 0.3) is 0 Å². The molecule has 1 fully saturated rings. The predicted molar refractivity (Wildman–Crippen MR) is 74.5 cm³/mol.